The SMILES string of the molecule is O=C1C[C@H]([NH+]2CCN(c3cccc[nH+]3)CC2)C(=O)N1c1ccc2c(c1)OCO2. The first kappa shape index (κ1) is 17.0. The second-order valence-corrected chi connectivity index (χ2v) is 7.25. The summed E-state index contributed by atoms with van der Waals surface area (Å²) in [4.78, 5) is 33.7. The fourth-order valence-corrected chi connectivity index (χ4v) is 4.21. The fraction of sp³-hybridized carbons (Fsp3) is 0.350. The number of rotatable bonds is 3. The minimum absolute atomic E-state index is 0.126. The van der Waals surface area contributed by atoms with E-state index in [-0.39, 0.29) is 31.1 Å². The van der Waals surface area contributed by atoms with Gasteiger partial charge in [0.25, 0.3) is 11.7 Å². The molecule has 4 heterocycles. The molecule has 1 atom stereocenters. The Morgan fingerprint density at radius 3 is 2.64 bits per heavy atom. The van der Waals surface area contributed by atoms with Crippen LogP contribution in [-0.2, 0) is 9.59 Å². The Morgan fingerprint density at radius 1 is 1.04 bits per heavy atom. The van der Waals surface area contributed by atoms with Crippen molar-refractivity contribution in [3.63, 3.8) is 0 Å². The lowest BCUT2D eigenvalue weighted by Crippen LogP contribution is -3.19. The van der Waals surface area contributed by atoms with E-state index in [4.69, 9.17) is 9.47 Å². The van der Waals surface area contributed by atoms with Gasteiger partial charge in [-0.25, -0.2) is 9.88 Å². The third-order valence-electron chi connectivity index (χ3n) is 5.69. The molecule has 0 unspecified atom stereocenters. The van der Waals surface area contributed by atoms with Crippen LogP contribution in [0.15, 0.2) is 42.6 Å². The molecule has 5 rings (SSSR count). The minimum atomic E-state index is -0.320. The van der Waals surface area contributed by atoms with Gasteiger partial charge in [-0.15, -0.1) is 0 Å². The predicted octanol–water partition coefficient (Wildman–Crippen LogP) is -0.734. The molecule has 8 nitrogen and oxygen atoms in total. The first-order valence-corrected chi connectivity index (χ1v) is 9.53. The quantitative estimate of drug-likeness (QED) is 0.708. The lowest BCUT2D eigenvalue weighted by atomic mass is 10.1. The van der Waals surface area contributed by atoms with E-state index in [1.165, 1.54) is 9.80 Å². The van der Waals surface area contributed by atoms with Crippen LogP contribution in [0, 0.1) is 0 Å². The summed E-state index contributed by atoms with van der Waals surface area (Å²) in [6.45, 7) is 3.50. The number of quaternary nitrogens is 1. The van der Waals surface area contributed by atoms with E-state index < -0.39 is 0 Å². The lowest BCUT2D eigenvalue weighted by Gasteiger charge is -2.31. The number of imide groups is 1. The number of hydrogen-bond acceptors (Lipinski definition) is 5. The van der Waals surface area contributed by atoms with Gasteiger partial charge in [0.1, 0.15) is 26.2 Å². The highest BCUT2D eigenvalue weighted by Crippen LogP contribution is 2.36. The van der Waals surface area contributed by atoms with Crippen molar-refractivity contribution >= 4 is 23.3 Å². The zero-order valence-electron chi connectivity index (χ0n) is 15.4. The zero-order chi connectivity index (χ0) is 19.1. The van der Waals surface area contributed by atoms with Gasteiger partial charge in [-0.3, -0.25) is 14.5 Å². The minimum Gasteiger partial charge on any atom is -0.454 e. The number of fused-ring (bicyclic) bond motifs is 1. The van der Waals surface area contributed by atoms with Crippen molar-refractivity contribution in [2.75, 3.05) is 42.8 Å². The van der Waals surface area contributed by atoms with Gasteiger partial charge in [-0.05, 0) is 18.2 Å². The summed E-state index contributed by atoms with van der Waals surface area (Å²) in [5.41, 5.74) is 0.554. The Balaban J connectivity index is 1.29. The van der Waals surface area contributed by atoms with E-state index in [0.29, 0.717) is 17.2 Å². The van der Waals surface area contributed by atoms with Crippen molar-refractivity contribution in [2.45, 2.75) is 12.5 Å². The number of nitrogens with zero attached hydrogens (tertiary/aromatic N) is 2. The number of anilines is 2. The van der Waals surface area contributed by atoms with Crippen molar-refractivity contribution in [1.82, 2.24) is 0 Å². The molecule has 3 aliphatic rings. The molecule has 3 aliphatic heterocycles. The molecular formula is C20H22N4O4+2. The molecule has 2 amide bonds. The number of hydrogen-bond donors (Lipinski definition) is 1. The highest BCUT2D eigenvalue weighted by molar-refractivity contribution is 6.22. The third kappa shape index (κ3) is 2.86. The van der Waals surface area contributed by atoms with Gasteiger partial charge in [0.05, 0.1) is 18.3 Å². The maximum atomic E-state index is 13.1. The second-order valence-electron chi connectivity index (χ2n) is 7.25. The van der Waals surface area contributed by atoms with Gasteiger partial charge >= 0.3 is 0 Å². The smallest absolute Gasteiger partial charge is 0.292 e. The predicted molar refractivity (Wildman–Crippen MR) is 99.4 cm³/mol. The Bertz CT molecular complexity index is 912. The summed E-state index contributed by atoms with van der Waals surface area (Å²) < 4.78 is 10.7. The number of carbonyl (C=O) groups excluding carboxylic acids is 2. The van der Waals surface area contributed by atoms with Crippen LogP contribution in [0.5, 0.6) is 11.5 Å². The van der Waals surface area contributed by atoms with Crippen molar-refractivity contribution in [1.29, 1.82) is 0 Å². The number of amides is 2. The number of ether oxygens (including phenoxy) is 2. The van der Waals surface area contributed by atoms with Gasteiger partial charge in [0, 0.05) is 12.1 Å². The maximum absolute atomic E-state index is 13.1. The highest BCUT2D eigenvalue weighted by Gasteiger charge is 2.47. The molecular weight excluding hydrogens is 360 g/mol. The molecule has 144 valence electrons. The van der Waals surface area contributed by atoms with Gasteiger partial charge in [-0.2, -0.15) is 0 Å². The number of carbonyl (C=O) groups is 2. The van der Waals surface area contributed by atoms with Gasteiger partial charge in [0.15, 0.2) is 17.5 Å². The van der Waals surface area contributed by atoms with Crippen molar-refractivity contribution < 1.29 is 28.9 Å². The lowest BCUT2D eigenvalue weighted by molar-refractivity contribution is -0.915. The second kappa shape index (κ2) is 6.79. The topological polar surface area (TPSA) is 77.7 Å². The Kier molecular flexibility index (Phi) is 4.12. The molecule has 0 saturated carbocycles. The van der Waals surface area contributed by atoms with Crippen molar-refractivity contribution in [2.24, 2.45) is 0 Å². The van der Waals surface area contributed by atoms with Gasteiger partial charge < -0.3 is 14.4 Å². The molecule has 0 spiro atoms. The Labute approximate surface area is 162 Å². The number of piperazine rings is 1. The van der Waals surface area contributed by atoms with E-state index in [2.05, 4.69) is 16.0 Å². The Hall–Kier alpha value is -3.13. The summed E-state index contributed by atoms with van der Waals surface area (Å²) in [5.74, 6) is 2.01. The first-order valence-electron chi connectivity index (χ1n) is 9.53. The molecule has 2 aromatic rings. The molecule has 2 fully saturated rings. The normalized spacial score (nSPS) is 22.2. The van der Waals surface area contributed by atoms with E-state index in [1.54, 1.807) is 18.2 Å². The van der Waals surface area contributed by atoms with E-state index >= 15 is 0 Å². The zero-order valence-corrected chi connectivity index (χ0v) is 15.4. The number of nitrogens with one attached hydrogen (secondary N) is 2. The van der Waals surface area contributed by atoms with Gasteiger partial charge in [-0.1, -0.05) is 6.07 Å². The molecule has 28 heavy (non-hydrogen) atoms. The Morgan fingerprint density at radius 2 is 1.86 bits per heavy atom. The maximum Gasteiger partial charge on any atom is 0.292 e. The number of aromatic nitrogens is 1. The summed E-state index contributed by atoms with van der Waals surface area (Å²) in [7, 11) is 0. The fourth-order valence-electron chi connectivity index (χ4n) is 4.21. The summed E-state index contributed by atoms with van der Waals surface area (Å²) in [6.07, 6.45) is 2.16. The number of benzene rings is 1. The van der Waals surface area contributed by atoms with E-state index in [0.717, 1.165) is 32.0 Å². The molecule has 2 saturated heterocycles. The van der Waals surface area contributed by atoms with Crippen LogP contribution in [0.3, 0.4) is 0 Å². The summed E-state index contributed by atoms with van der Waals surface area (Å²) >= 11 is 0. The monoisotopic (exact) mass is 382 g/mol. The molecule has 2 N–H and O–H groups in total. The van der Waals surface area contributed by atoms with Crippen LogP contribution in [0.2, 0.25) is 0 Å². The molecule has 1 aromatic heterocycles. The standard InChI is InChI=1S/C20H20N4O4/c25-19-12-15(22-7-9-23(10-8-22)18-3-1-2-6-21-18)20(26)24(19)14-4-5-16-17(11-14)28-13-27-16/h1-6,11,15H,7-10,12-13H2/p+2/t15-/m0/s1. The molecule has 1 aromatic carbocycles. The van der Waals surface area contributed by atoms with Gasteiger partial charge in [0.2, 0.25) is 12.7 Å². The average Bonchev–Trinajstić information content (AvgIpc) is 3.32. The van der Waals surface area contributed by atoms with Crippen molar-refractivity contribution in [3.8, 4) is 11.5 Å². The van der Waals surface area contributed by atoms with Crippen molar-refractivity contribution in [3.05, 3.63) is 42.6 Å². The summed E-state index contributed by atoms with van der Waals surface area (Å²) in [6, 6.07) is 10.9. The number of pyridine rings is 1. The largest absolute Gasteiger partial charge is 0.454 e. The number of H-pyrrole nitrogens is 1. The molecule has 8 heteroatoms. The van der Waals surface area contributed by atoms with E-state index in [1.807, 2.05) is 18.3 Å². The highest BCUT2D eigenvalue weighted by atomic mass is 16.7. The average molecular weight is 382 g/mol. The molecule has 0 aliphatic carbocycles. The van der Waals surface area contributed by atoms with Crippen LogP contribution >= 0.6 is 0 Å². The molecule has 0 radical (unpaired) electrons. The van der Waals surface area contributed by atoms with Crippen LogP contribution in [-0.4, -0.2) is 50.8 Å². The van der Waals surface area contributed by atoms with Crippen LogP contribution < -0.4 is 29.2 Å². The first-order chi connectivity index (χ1) is 13.7. The summed E-state index contributed by atoms with van der Waals surface area (Å²) in [5, 5.41) is 0. The number of aromatic amines is 1. The molecule has 0 bridgehead atoms. The van der Waals surface area contributed by atoms with Crippen LogP contribution in [0.4, 0.5) is 11.5 Å². The van der Waals surface area contributed by atoms with Crippen LogP contribution in [0.1, 0.15) is 6.42 Å². The third-order valence-corrected chi connectivity index (χ3v) is 5.69. The van der Waals surface area contributed by atoms with Crippen LogP contribution in [0.25, 0.3) is 0 Å². The van der Waals surface area contributed by atoms with E-state index in [9.17, 15) is 9.59 Å².